The first-order chi connectivity index (χ1) is 10.8. The number of carbonyl (C=O) groups excluding carboxylic acids is 1. The van der Waals surface area contributed by atoms with Crippen molar-refractivity contribution in [2.24, 2.45) is 0 Å². The summed E-state index contributed by atoms with van der Waals surface area (Å²) in [6.07, 6.45) is 6.13. The predicted octanol–water partition coefficient (Wildman–Crippen LogP) is 4.06. The molecule has 0 saturated carbocycles. The van der Waals surface area contributed by atoms with Gasteiger partial charge in [-0.05, 0) is 53.4 Å². The lowest BCUT2D eigenvalue weighted by atomic mass is 9.97. The van der Waals surface area contributed by atoms with E-state index in [1.165, 1.54) is 6.42 Å². The minimum absolute atomic E-state index is 0.157. The van der Waals surface area contributed by atoms with Crippen molar-refractivity contribution in [3.63, 3.8) is 0 Å². The Hall–Kier alpha value is -0.680. The summed E-state index contributed by atoms with van der Waals surface area (Å²) >= 11 is 1.89. The summed E-state index contributed by atoms with van der Waals surface area (Å²) in [7, 11) is 0. The second kappa shape index (κ2) is 10.2. The van der Waals surface area contributed by atoms with Crippen LogP contribution in [0.1, 0.15) is 53.4 Å². The van der Waals surface area contributed by atoms with Gasteiger partial charge in [0.05, 0.1) is 0 Å². The Morgan fingerprint density at radius 3 is 2.87 bits per heavy atom. The molecule has 1 fully saturated rings. The lowest BCUT2D eigenvalue weighted by Crippen LogP contribution is -2.48. The number of piperidine rings is 1. The zero-order valence-electron chi connectivity index (χ0n) is 15.3. The van der Waals surface area contributed by atoms with E-state index in [-0.39, 0.29) is 6.09 Å². The molecule has 2 atom stereocenters. The fourth-order valence-corrected chi connectivity index (χ4v) is 3.44. The molecule has 0 aromatic carbocycles. The van der Waals surface area contributed by atoms with Crippen molar-refractivity contribution >= 4 is 17.9 Å². The Morgan fingerprint density at radius 2 is 2.22 bits per heavy atom. The molecule has 0 aromatic heterocycles. The number of ether oxygens (including phenoxy) is 1. The largest absolute Gasteiger partial charge is 0.444 e. The van der Waals surface area contributed by atoms with Crippen LogP contribution in [-0.2, 0) is 4.74 Å². The summed E-state index contributed by atoms with van der Waals surface area (Å²) in [5.41, 5.74) is -0.425. The van der Waals surface area contributed by atoms with Crippen LogP contribution < -0.4 is 5.32 Å². The van der Waals surface area contributed by atoms with Crippen LogP contribution >= 0.6 is 11.8 Å². The molecule has 0 aliphatic carbocycles. The van der Waals surface area contributed by atoms with E-state index in [9.17, 15) is 4.79 Å². The smallest absolute Gasteiger partial charge is 0.410 e. The molecule has 0 bridgehead atoms. The summed E-state index contributed by atoms with van der Waals surface area (Å²) in [5.74, 6) is 2.10. The van der Waals surface area contributed by atoms with Gasteiger partial charge in [-0.3, -0.25) is 0 Å². The number of hydrogen-bond donors (Lipinski definition) is 1. The van der Waals surface area contributed by atoms with Crippen LogP contribution in [0.5, 0.6) is 0 Å². The fraction of sp³-hybridized carbons (Fsp3) is 0.833. The number of hydrogen-bond acceptors (Lipinski definition) is 4. The maximum absolute atomic E-state index is 12.4. The van der Waals surface area contributed by atoms with Crippen molar-refractivity contribution in [2.45, 2.75) is 71.1 Å². The third-order valence-electron chi connectivity index (χ3n) is 3.86. The van der Waals surface area contributed by atoms with E-state index >= 15 is 0 Å². The van der Waals surface area contributed by atoms with Crippen molar-refractivity contribution in [3.8, 4) is 0 Å². The molecule has 23 heavy (non-hydrogen) atoms. The highest BCUT2D eigenvalue weighted by molar-refractivity contribution is 7.99. The van der Waals surface area contributed by atoms with Gasteiger partial charge in [0.25, 0.3) is 0 Å². The van der Waals surface area contributed by atoms with E-state index in [2.05, 4.69) is 18.8 Å². The number of nitrogens with zero attached hydrogens (tertiary/aromatic N) is 1. The zero-order valence-corrected chi connectivity index (χ0v) is 16.1. The Labute approximate surface area is 146 Å². The highest BCUT2D eigenvalue weighted by Crippen LogP contribution is 2.23. The molecule has 0 aromatic rings. The summed E-state index contributed by atoms with van der Waals surface area (Å²) in [5, 5.41) is 3.56. The van der Waals surface area contributed by atoms with Gasteiger partial charge in [-0.15, -0.1) is 6.58 Å². The lowest BCUT2D eigenvalue weighted by Gasteiger charge is -2.38. The monoisotopic (exact) mass is 342 g/mol. The Balaban J connectivity index is 2.41. The third kappa shape index (κ3) is 8.66. The number of thioether (sulfide) groups is 1. The van der Waals surface area contributed by atoms with Gasteiger partial charge >= 0.3 is 6.09 Å². The third-order valence-corrected chi connectivity index (χ3v) is 4.82. The molecule has 134 valence electrons. The molecule has 0 radical (unpaired) electrons. The molecule has 1 rings (SSSR count). The minimum atomic E-state index is -0.425. The first kappa shape index (κ1) is 20.4. The molecular formula is C18H34N2O2S. The summed E-state index contributed by atoms with van der Waals surface area (Å²) < 4.78 is 5.57. The van der Waals surface area contributed by atoms with Crippen LogP contribution in [0, 0.1) is 0 Å². The van der Waals surface area contributed by atoms with Crippen molar-refractivity contribution < 1.29 is 9.53 Å². The molecule has 1 amide bonds. The predicted molar refractivity (Wildman–Crippen MR) is 100 cm³/mol. The van der Waals surface area contributed by atoms with E-state index < -0.39 is 5.60 Å². The molecule has 1 heterocycles. The second-order valence-electron chi connectivity index (χ2n) is 7.28. The molecule has 5 heteroatoms. The van der Waals surface area contributed by atoms with E-state index in [0.717, 1.165) is 43.9 Å². The molecule has 4 nitrogen and oxygen atoms in total. The van der Waals surface area contributed by atoms with Crippen LogP contribution in [0.3, 0.4) is 0 Å². The summed E-state index contributed by atoms with van der Waals surface area (Å²) in [6, 6.07) is 0.703. The lowest BCUT2D eigenvalue weighted by molar-refractivity contribution is 0.00794. The van der Waals surface area contributed by atoms with E-state index in [1.54, 1.807) is 0 Å². The number of likely N-dealkylation sites (tertiary alicyclic amines) is 1. The quantitative estimate of drug-likeness (QED) is 0.533. The average molecular weight is 343 g/mol. The van der Waals surface area contributed by atoms with Gasteiger partial charge < -0.3 is 15.0 Å². The SMILES string of the molecule is C=CCSCCNC(C)CC1CCCCN1C(=O)OC(C)(C)C. The molecule has 1 aliphatic rings. The van der Waals surface area contributed by atoms with Gasteiger partial charge in [0.1, 0.15) is 5.60 Å². The topological polar surface area (TPSA) is 41.6 Å². The number of carbonyl (C=O) groups is 1. The van der Waals surface area contributed by atoms with Gasteiger partial charge in [0, 0.05) is 36.7 Å². The van der Waals surface area contributed by atoms with Crippen molar-refractivity contribution in [1.82, 2.24) is 10.2 Å². The van der Waals surface area contributed by atoms with Gasteiger partial charge in [-0.1, -0.05) is 6.08 Å². The first-order valence-corrected chi connectivity index (χ1v) is 9.90. The maximum Gasteiger partial charge on any atom is 0.410 e. The van der Waals surface area contributed by atoms with Crippen molar-refractivity contribution in [1.29, 1.82) is 0 Å². The van der Waals surface area contributed by atoms with E-state index in [0.29, 0.717) is 12.1 Å². The number of rotatable bonds is 8. The highest BCUT2D eigenvalue weighted by atomic mass is 32.2. The minimum Gasteiger partial charge on any atom is -0.444 e. The van der Waals surface area contributed by atoms with Gasteiger partial charge in [-0.25, -0.2) is 4.79 Å². The zero-order chi connectivity index (χ0) is 17.3. The Morgan fingerprint density at radius 1 is 1.48 bits per heavy atom. The van der Waals surface area contributed by atoms with Crippen LogP contribution in [0.25, 0.3) is 0 Å². The second-order valence-corrected chi connectivity index (χ2v) is 8.43. The molecule has 1 saturated heterocycles. The summed E-state index contributed by atoms with van der Waals surface area (Å²) in [4.78, 5) is 14.4. The van der Waals surface area contributed by atoms with Crippen LogP contribution in [0.4, 0.5) is 4.79 Å². The molecular weight excluding hydrogens is 308 g/mol. The standard InChI is InChI=1S/C18H34N2O2S/c1-6-12-23-13-10-19-15(2)14-16-9-7-8-11-20(16)17(21)22-18(3,4)5/h6,15-16,19H,1,7-14H2,2-5H3. The average Bonchev–Trinajstić information content (AvgIpc) is 2.45. The van der Waals surface area contributed by atoms with Crippen LogP contribution in [0.15, 0.2) is 12.7 Å². The highest BCUT2D eigenvalue weighted by Gasteiger charge is 2.31. The fourth-order valence-electron chi connectivity index (χ4n) is 2.84. The normalized spacial score (nSPS) is 20.2. The van der Waals surface area contributed by atoms with Crippen LogP contribution in [-0.4, -0.2) is 53.3 Å². The molecule has 1 N–H and O–H groups in total. The van der Waals surface area contributed by atoms with Crippen molar-refractivity contribution in [3.05, 3.63) is 12.7 Å². The summed E-state index contributed by atoms with van der Waals surface area (Å²) in [6.45, 7) is 13.5. The van der Waals surface area contributed by atoms with Crippen LogP contribution in [0.2, 0.25) is 0 Å². The van der Waals surface area contributed by atoms with E-state index in [4.69, 9.17) is 4.74 Å². The van der Waals surface area contributed by atoms with Gasteiger partial charge in [0.2, 0.25) is 0 Å². The Kier molecular flexibility index (Phi) is 9.07. The Bertz CT molecular complexity index is 369. The molecule has 0 spiro atoms. The van der Waals surface area contributed by atoms with Crippen molar-refractivity contribution in [2.75, 3.05) is 24.6 Å². The first-order valence-electron chi connectivity index (χ1n) is 8.75. The number of amides is 1. The maximum atomic E-state index is 12.4. The molecule has 2 unspecified atom stereocenters. The number of nitrogens with one attached hydrogen (secondary N) is 1. The van der Waals surface area contributed by atoms with E-state index in [1.807, 2.05) is 43.5 Å². The molecule has 1 aliphatic heterocycles. The van der Waals surface area contributed by atoms with Gasteiger partial charge in [0.15, 0.2) is 0 Å². The van der Waals surface area contributed by atoms with Gasteiger partial charge in [-0.2, -0.15) is 11.8 Å².